The van der Waals surface area contributed by atoms with E-state index in [1.54, 1.807) is 0 Å². The maximum atomic E-state index is 10.4. The molecule has 0 aliphatic rings. The van der Waals surface area contributed by atoms with Gasteiger partial charge in [-0.2, -0.15) is 0 Å². The molecule has 0 N–H and O–H groups in total. The molecule has 0 radical (unpaired) electrons. The fourth-order valence-electron chi connectivity index (χ4n) is 0.373. The second kappa shape index (κ2) is 2.77. The Labute approximate surface area is 63.6 Å². The Bertz CT molecular complexity index is 95.1. The van der Waals surface area contributed by atoms with Crippen molar-refractivity contribution in [2.75, 3.05) is 27.7 Å². The van der Waals surface area contributed by atoms with Gasteiger partial charge in [0, 0.05) is 22.6 Å². The van der Waals surface area contributed by atoms with Gasteiger partial charge in [-0.25, -0.2) is 0 Å². The molecular formula is C5H11INO+. The second-order valence-electron chi connectivity index (χ2n) is 2.80. The maximum absolute atomic E-state index is 10.4. The smallest absolute Gasteiger partial charge is 0.246 e. The first-order chi connectivity index (χ1) is 3.42. The molecule has 0 spiro atoms. The van der Waals surface area contributed by atoms with Crippen LogP contribution >= 0.6 is 22.6 Å². The van der Waals surface area contributed by atoms with Crippen molar-refractivity contribution in [2.45, 2.75) is 0 Å². The van der Waals surface area contributed by atoms with Crippen molar-refractivity contribution in [3.05, 3.63) is 0 Å². The minimum atomic E-state index is 0.218. The van der Waals surface area contributed by atoms with E-state index in [9.17, 15) is 4.79 Å². The van der Waals surface area contributed by atoms with Crippen LogP contribution in [-0.2, 0) is 4.79 Å². The van der Waals surface area contributed by atoms with E-state index in [0.29, 0.717) is 6.54 Å². The first-order valence-corrected chi connectivity index (χ1v) is 3.48. The predicted molar refractivity (Wildman–Crippen MR) is 41.9 cm³/mol. The van der Waals surface area contributed by atoms with E-state index in [1.807, 2.05) is 43.7 Å². The lowest BCUT2D eigenvalue weighted by Gasteiger charge is -2.20. The highest BCUT2D eigenvalue weighted by molar-refractivity contribution is 14.1. The summed E-state index contributed by atoms with van der Waals surface area (Å²) in [4.78, 5) is 10.4. The highest BCUT2D eigenvalue weighted by Gasteiger charge is 2.09. The van der Waals surface area contributed by atoms with Crippen LogP contribution in [0.3, 0.4) is 0 Å². The molecule has 0 saturated heterocycles. The Balaban J connectivity index is 3.55. The molecule has 0 amide bonds. The van der Waals surface area contributed by atoms with Gasteiger partial charge in [-0.1, -0.05) is 0 Å². The summed E-state index contributed by atoms with van der Waals surface area (Å²) in [5.74, 6) is 0. The number of hydrogen-bond acceptors (Lipinski definition) is 1. The third-order valence-electron chi connectivity index (χ3n) is 0.599. The maximum Gasteiger partial charge on any atom is 0.246 e. The molecule has 0 aromatic heterocycles. The normalized spacial score (nSPS) is 11.5. The number of carbonyl (C=O) groups is 1. The van der Waals surface area contributed by atoms with Gasteiger partial charge in [0.15, 0.2) is 0 Å². The number of carbonyl (C=O) groups excluding carboxylic acids is 1. The standard InChI is InChI=1S/C5H11INO/c1-7(2,3)4-5(6)8/h4H2,1-3H3/q+1. The lowest BCUT2D eigenvalue weighted by Crippen LogP contribution is -2.37. The highest BCUT2D eigenvalue weighted by atomic mass is 127. The van der Waals surface area contributed by atoms with Gasteiger partial charge in [0.2, 0.25) is 3.79 Å². The van der Waals surface area contributed by atoms with Crippen molar-refractivity contribution in [2.24, 2.45) is 0 Å². The molecule has 0 saturated carbocycles. The molecule has 0 atom stereocenters. The van der Waals surface area contributed by atoms with E-state index in [0.717, 1.165) is 4.48 Å². The second-order valence-corrected chi connectivity index (χ2v) is 4.01. The molecule has 0 unspecified atom stereocenters. The number of nitrogens with zero attached hydrogens (tertiary/aromatic N) is 1. The molecule has 3 heteroatoms. The molecule has 0 aromatic rings. The van der Waals surface area contributed by atoms with Gasteiger partial charge >= 0.3 is 0 Å². The molecule has 2 nitrogen and oxygen atoms in total. The van der Waals surface area contributed by atoms with E-state index >= 15 is 0 Å². The molecule has 8 heavy (non-hydrogen) atoms. The Hall–Kier alpha value is 0.360. The summed E-state index contributed by atoms with van der Waals surface area (Å²) in [5, 5.41) is 0. The SMILES string of the molecule is C[N+](C)(C)CC(=O)I. The molecule has 0 aromatic carbocycles. The summed E-state index contributed by atoms with van der Waals surface area (Å²) in [6, 6.07) is 0. The predicted octanol–water partition coefficient (Wildman–Crippen LogP) is 0.654. The Morgan fingerprint density at radius 3 is 1.88 bits per heavy atom. The minimum absolute atomic E-state index is 0.218. The summed E-state index contributed by atoms with van der Waals surface area (Å²) in [5.41, 5.74) is 0. The first-order valence-electron chi connectivity index (χ1n) is 2.40. The van der Waals surface area contributed by atoms with Gasteiger partial charge in [0.1, 0.15) is 6.54 Å². The van der Waals surface area contributed by atoms with Gasteiger partial charge in [-0.05, 0) is 0 Å². The van der Waals surface area contributed by atoms with Crippen molar-refractivity contribution in [3.8, 4) is 0 Å². The Morgan fingerprint density at radius 1 is 1.50 bits per heavy atom. The van der Waals surface area contributed by atoms with Crippen molar-refractivity contribution in [3.63, 3.8) is 0 Å². The number of quaternary nitrogens is 1. The van der Waals surface area contributed by atoms with E-state index in [4.69, 9.17) is 0 Å². The van der Waals surface area contributed by atoms with Gasteiger partial charge in [0.05, 0.1) is 21.1 Å². The molecule has 48 valence electrons. The average Bonchev–Trinajstić information content (AvgIpc) is 1.21. The monoisotopic (exact) mass is 228 g/mol. The van der Waals surface area contributed by atoms with Crippen LogP contribution in [0.4, 0.5) is 0 Å². The van der Waals surface area contributed by atoms with Gasteiger partial charge < -0.3 is 4.48 Å². The molecule has 0 bridgehead atoms. The molecular weight excluding hydrogens is 217 g/mol. The zero-order valence-corrected chi connectivity index (χ0v) is 7.60. The summed E-state index contributed by atoms with van der Waals surface area (Å²) in [6.07, 6.45) is 0. The summed E-state index contributed by atoms with van der Waals surface area (Å²) >= 11 is 1.81. The van der Waals surface area contributed by atoms with E-state index in [2.05, 4.69) is 0 Å². The van der Waals surface area contributed by atoms with Crippen molar-refractivity contribution in [1.82, 2.24) is 0 Å². The van der Waals surface area contributed by atoms with E-state index in [1.165, 1.54) is 0 Å². The molecule has 0 fully saturated rings. The van der Waals surface area contributed by atoms with Crippen LogP contribution in [0.5, 0.6) is 0 Å². The summed E-state index contributed by atoms with van der Waals surface area (Å²) in [6.45, 7) is 0.612. The molecule has 0 rings (SSSR count). The van der Waals surface area contributed by atoms with Gasteiger partial charge in [-0.15, -0.1) is 0 Å². The van der Waals surface area contributed by atoms with Crippen LogP contribution in [0.2, 0.25) is 0 Å². The van der Waals surface area contributed by atoms with Crippen LogP contribution in [0.25, 0.3) is 0 Å². The summed E-state index contributed by atoms with van der Waals surface area (Å²) < 4.78 is 0.942. The van der Waals surface area contributed by atoms with Crippen molar-refractivity contribution < 1.29 is 9.28 Å². The lowest BCUT2D eigenvalue weighted by atomic mass is 10.6. The number of hydrogen-bond donors (Lipinski definition) is 0. The fourth-order valence-corrected chi connectivity index (χ4v) is 1.40. The van der Waals surface area contributed by atoms with Crippen molar-refractivity contribution >= 4 is 26.4 Å². The summed E-state index contributed by atoms with van der Waals surface area (Å²) in [7, 11) is 5.99. The first kappa shape index (κ1) is 8.36. The Morgan fingerprint density at radius 2 is 1.88 bits per heavy atom. The zero-order valence-electron chi connectivity index (χ0n) is 5.44. The van der Waals surface area contributed by atoms with Crippen LogP contribution in [0.1, 0.15) is 0 Å². The third-order valence-corrected chi connectivity index (χ3v) is 0.940. The van der Waals surface area contributed by atoms with Gasteiger partial charge in [0.25, 0.3) is 0 Å². The highest BCUT2D eigenvalue weighted by Crippen LogP contribution is 1.94. The minimum Gasteiger partial charge on any atom is -0.324 e. The zero-order chi connectivity index (χ0) is 6.78. The van der Waals surface area contributed by atoms with Crippen molar-refractivity contribution in [1.29, 1.82) is 0 Å². The van der Waals surface area contributed by atoms with E-state index in [-0.39, 0.29) is 3.79 Å². The van der Waals surface area contributed by atoms with Crippen LogP contribution in [0, 0.1) is 0 Å². The van der Waals surface area contributed by atoms with Crippen LogP contribution < -0.4 is 0 Å². The van der Waals surface area contributed by atoms with Crippen LogP contribution in [-0.4, -0.2) is 36.0 Å². The third kappa shape index (κ3) is 6.36. The number of rotatable bonds is 2. The average molecular weight is 228 g/mol. The topological polar surface area (TPSA) is 17.1 Å². The largest absolute Gasteiger partial charge is 0.324 e. The lowest BCUT2D eigenvalue weighted by molar-refractivity contribution is -0.861. The Kier molecular flexibility index (Phi) is 2.90. The van der Waals surface area contributed by atoms with E-state index < -0.39 is 0 Å². The number of likely N-dealkylation sites (N-methyl/N-ethyl adjacent to an activating group) is 1. The molecule has 0 aliphatic carbocycles. The quantitative estimate of drug-likeness (QED) is 0.385. The number of halogens is 1. The fraction of sp³-hybridized carbons (Fsp3) is 0.800. The molecule has 0 heterocycles. The molecule has 0 aliphatic heterocycles. The van der Waals surface area contributed by atoms with Gasteiger partial charge in [-0.3, -0.25) is 4.79 Å². The van der Waals surface area contributed by atoms with Crippen LogP contribution in [0.15, 0.2) is 0 Å².